The van der Waals surface area contributed by atoms with Crippen molar-refractivity contribution in [3.63, 3.8) is 0 Å². The highest BCUT2D eigenvalue weighted by Gasteiger charge is 2.17. The second-order valence-corrected chi connectivity index (χ2v) is 20.6. The molecular formula is C60H100N6O5. The van der Waals surface area contributed by atoms with Crippen LogP contribution in [0.2, 0.25) is 0 Å². The predicted molar refractivity (Wildman–Crippen MR) is 298 cm³/mol. The number of pyridine rings is 1. The molecule has 2 aromatic heterocycles. The maximum Gasteiger partial charge on any atom is 0.306 e. The van der Waals surface area contributed by atoms with Crippen molar-refractivity contribution in [2.75, 3.05) is 58.3 Å². The third kappa shape index (κ3) is 29.3. The van der Waals surface area contributed by atoms with Crippen molar-refractivity contribution in [1.29, 1.82) is 0 Å². The van der Waals surface area contributed by atoms with Crippen LogP contribution in [-0.4, -0.2) is 95.2 Å². The van der Waals surface area contributed by atoms with E-state index in [0.717, 1.165) is 125 Å². The van der Waals surface area contributed by atoms with Gasteiger partial charge in [-0.05, 0) is 122 Å². The number of hydrogen-bond acceptors (Lipinski definition) is 9. The smallest absolute Gasteiger partial charge is 0.306 e. The summed E-state index contributed by atoms with van der Waals surface area (Å²) in [4.78, 5) is 52.1. The van der Waals surface area contributed by atoms with Crippen LogP contribution in [0.3, 0.4) is 0 Å². The van der Waals surface area contributed by atoms with E-state index in [9.17, 15) is 14.4 Å². The number of unbranched alkanes of at least 4 members (excludes halogenated alkanes) is 20. The summed E-state index contributed by atoms with van der Waals surface area (Å²) in [5.41, 5.74) is 2.65. The molecule has 1 amide bonds. The zero-order chi connectivity index (χ0) is 51.0. The summed E-state index contributed by atoms with van der Waals surface area (Å²) in [6.07, 6.45) is 41.6. The number of imidazole rings is 1. The number of nitrogens with zero attached hydrogens (tertiary/aromatic N) is 5. The van der Waals surface area contributed by atoms with Crippen LogP contribution in [0.15, 0.2) is 54.9 Å². The Morgan fingerprint density at radius 2 is 1.10 bits per heavy atom. The molecule has 0 bridgehead atoms. The minimum Gasteiger partial charge on any atom is -0.461 e. The van der Waals surface area contributed by atoms with Crippen LogP contribution < -0.4 is 5.32 Å². The number of nitrogens with one attached hydrogen (secondary N) is 1. The first-order valence-electron chi connectivity index (χ1n) is 28.8. The Kier molecular flexibility index (Phi) is 34.8. The lowest BCUT2D eigenvalue weighted by molar-refractivity contribution is -0.143. The molecule has 0 aliphatic heterocycles. The van der Waals surface area contributed by atoms with E-state index in [1.165, 1.54) is 103 Å². The van der Waals surface area contributed by atoms with Crippen molar-refractivity contribution in [1.82, 2.24) is 24.3 Å². The molecule has 0 saturated heterocycles. The van der Waals surface area contributed by atoms with E-state index >= 15 is 0 Å². The number of amides is 1. The fraction of sp³-hybridized carbons (Fsp3) is 0.717. The quantitative estimate of drug-likeness (QED) is 0.0335. The molecule has 0 spiro atoms. The fourth-order valence-electron chi connectivity index (χ4n) is 9.25. The average molecular weight is 985 g/mol. The molecule has 0 aliphatic carbocycles. The van der Waals surface area contributed by atoms with Crippen LogP contribution in [0.5, 0.6) is 0 Å². The number of aromatic nitrogens is 3. The van der Waals surface area contributed by atoms with Crippen molar-refractivity contribution in [2.45, 2.75) is 220 Å². The SMILES string of the molecule is CCCCCC/C=C/COC(=O)CCCCCCCCN(CCCCCCCCC(=O)OC/C=C/CCCCCC)CCCN(C)CCCCCC(=O)Nc1nc2ccccc2c2c1ncn2CC(C)C. The number of esters is 2. The summed E-state index contributed by atoms with van der Waals surface area (Å²) in [5.74, 6) is 0.873. The normalized spacial score (nSPS) is 12.0. The van der Waals surface area contributed by atoms with Crippen LogP contribution in [0, 0.1) is 5.92 Å². The summed E-state index contributed by atoms with van der Waals surface area (Å²) in [6, 6.07) is 8.10. The van der Waals surface area contributed by atoms with Gasteiger partial charge in [-0.1, -0.05) is 167 Å². The summed E-state index contributed by atoms with van der Waals surface area (Å²) in [7, 11) is 2.23. The monoisotopic (exact) mass is 985 g/mol. The van der Waals surface area contributed by atoms with E-state index in [1.807, 2.05) is 36.7 Å². The van der Waals surface area contributed by atoms with Crippen LogP contribution in [0.4, 0.5) is 5.82 Å². The number of allylic oxidation sites excluding steroid dienone is 2. The zero-order valence-electron chi connectivity index (χ0n) is 45.7. The molecule has 3 rings (SSSR count). The summed E-state index contributed by atoms with van der Waals surface area (Å²) in [5, 5.41) is 4.15. The lowest BCUT2D eigenvalue weighted by Crippen LogP contribution is -2.30. The molecular weight excluding hydrogens is 885 g/mol. The van der Waals surface area contributed by atoms with E-state index in [4.69, 9.17) is 19.4 Å². The van der Waals surface area contributed by atoms with Crippen molar-refractivity contribution >= 4 is 45.6 Å². The van der Waals surface area contributed by atoms with Gasteiger partial charge in [0, 0.05) is 31.2 Å². The first kappa shape index (κ1) is 61.2. The Bertz CT molecular complexity index is 1850. The highest BCUT2D eigenvalue weighted by atomic mass is 16.5. The third-order valence-electron chi connectivity index (χ3n) is 13.4. The number of fused-ring (bicyclic) bond motifs is 3. The molecule has 0 saturated carbocycles. The van der Waals surface area contributed by atoms with Crippen LogP contribution >= 0.6 is 0 Å². The summed E-state index contributed by atoms with van der Waals surface area (Å²) < 4.78 is 13.0. The maximum atomic E-state index is 13.1. The van der Waals surface area contributed by atoms with Crippen LogP contribution in [-0.2, 0) is 30.4 Å². The molecule has 11 heteroatoms. The van der Waals surface area contributed by atoms with Gasteiger partial charge in [0.05, 0.1) is 17.4 Å². The van der Waals surface area contributed by atoms with Gasteiger partial charge in [0.1, 0.15) is 18.7 Å². The molecule has 1 N–H and O–H groups in total. The molecule has 0 unspecified atom stereocenters. The minimum absolute atomic E-state index is 0.00521. The molecule has 1 aromatic carbocycles. The Morgan fingerprint density at radius 1 is 0.606 bits per heavy atom. The Hall–Kier alpha value is -4.09. The second kappa shape index (κ2) is 40.4. The lowest BCUT2D eigenvalue weighted by Gasteiger charge is -2.24. The molecule has 0 fully saturated rings. The van der Waals surface area contributed by atoms with Crippen molar-refractivity contribution in [3.8, 4) is 0 Å². The molecule has 11 nitrogen and oxygen atoms in total. The number of para-hydroxylation sites is 1. The van der Waals surface area contributed by atoms with Gasteiger partial charge in [0.2, 0.25) is 5.91 Å². The van der Waals surface area contributed by atoms with Gasteiger partial charge in [0.25, 0.3) is 0 Å². The molecule has 400 valence electrons. The van der Waals surface area contributed by atoms with Gasteiger partial charge in [-0.25, -0.2) is 9.97 Å². The number of ether oxygens (including phenoxy) is 2. The van der Waals surface area contributed by atoms with Gasteiger partial charge >= 0.3 is 11.9 Å². The Labute approximate surface area is 431 Å². The average Bonchev–Trinajstić information content (AvgIpc) is 3.77. The van der Waals surface area contributed by atoms with Gasteiger partial charge in [-0.15, -0.1) is 0 Å². The van der Waals surface area contributed by atoms with Gasteiger partial charge in [-0.2, -0.15) is 0 Å². The fourth-order valence-corrected chi connectivity index (χ4v) is 9.25. The van der Waals surface area contributed by atoms with Crippen molar-refractivity contribution in [3.05, 3.63) is 54.9 Å². The standard InChI is InChI=1S/C60H100N6O5/c1-6-8-10-12-18-24-35-48-70-56(68)41-28-20-14-16-22-33-45-65(46-34-23-17-15-21-29-42-57(69)71-49-36-25-19-13-11-9-7-2)47-37-44-64(5)43-32-26-27-40-55(67)63-60-58-59(66(51-61-58)50-52(3)4)53-38-30-31-39-54(53)62-60/h24-25,30-31,35-36,38-39,51-52H,6-23,26-29,32-34,37,40-50H2,1-5H3,(H,62,63,67)/b35-24+,36-25+. The van der Waals surface area contributed by atoms with E-state index in [-0.39, 0.29) is 17.8 Å². The van der Waals surface area contributed by atoms with Crippen LogP contribution in [0.1, 0.15) is 214 Å². The minimum atomic E-state index is -0.0723. The number of rotatable bonds is 45. The molecule has 0 radical (unpaired) electrons. The number of benzene rings is 1. The number of carbonyl (C=O) groups is 3. The highest BCUT2D eigenvalue weighted by Crippen LogP contribution is 2.29. The van der Waals surface area contributed by atoms with Crippen LogP contribution in [0.25, 0.3) is 21.9 Å². The Balaban J connectivity index is 1.31. The maximum absolute atomic E-state index is 13.1. The lowest BCUT2D eigenvalue weighted by atomic mass is 10.1. The Morgan fingerprint density at radius 3 is 1.69 bits per heavy atom. The molecule has 3 aromatic rings. The second-order valence-electron chi connectivity index (χ2n) is 20.6. The van der Waals surface area contributed by atoms with Gasteiger partial charge in [-0.3, -0.25) is 14.4 Å². The van der Waals surface area contributed by atoms with Gasteiger partial charge < -0.3 is 29.2 Å². The molecule has 2 heterocycles. The summed E-state index contributed by atoms with van der Waals surface area (Å²) >= 11 is 0. The number of anilines is 1. The molecule has 71 heavy (non-hydrogen) atoms. The number of carbonyl (C=O) groups excluding carboxylic acids is 3. The predicted octanol–water partition coefficient (Wildman–Crippen LogP) is 15.0. The van der Waals surface area contributed by atoms with Gasteiger partial charge in [0.15, 0.2) is 5.82 Å². The van der Waals surface area contributed by atoms with E-state index in [0.29, 0.717) is 44.2 Å². The van der Waals surface area contributed by atoms with Crippen molar-refractivity contribution < 1.29 is 23.9 Å². The molecule has 0 aliphatic rings. The molecule has 0 atom stereocenters. The van der Waals surface area contributed by atoms with E-state index in [2.05, 4.69) is 72.6 Å². The van der Waals surface area contributed by atoms with Crippen molar-refractivity contribution in [2.24, 2.45) is 5.92 Å². The zero-order valence-corrected chi connectivity index (χ0v) is 45.7. The topological polar surface area (TPSA) is 119 Å². The summed E-state index contributed by atoms with van der Waals surface area (Å²) in [6.45, 7) is 16.0. The third-order valence-corrected chi connectivity index (χ3v) is 13.4. The largest absolute Gasteiger partial charge is 0.461 e. The van der Waals surface area contributed by atoms with E-state index in [1.54, 1.807) is 0 Å². The first-order valence-corrected chi connectivity index (χ1v) is 28.8. The first-order chi connectivity index (χ1) is 34.7. The number of hydrogen-bond donors (Lipinski definition) is 1. The van der Waals surface area contributed by atoms with E-state index < -0.39 is 0 Å². The highest BCUT2D eigenvalue weighted by molar-refractivity contribution is 6.09.